The highest BCUT2D eigenvalue weighted by Crippen LogP contribution is 2.24. The Kier molecular flexibility index (Phi) is 7.39. The predicted molar refractivity (Wildman–Crippen MR) is 131 cm³/mol. The fourth-order valence-electron chi connectivity index (χ4n) is 4.38. The fraction of sp³-hybridized carbons (Fsp3) is 0.519. The van der Waals surface area contributed by atoms with Gasteiger partial charge in [-0.3, -0.25) is 14.5 Å². The summed E-state index contributed by atoms with van der Waals surface area (Å²) in [5, 5.41) is 4.79. The van der Waals surface area contributed by atoms with Gasteiger partial charge in [-0.2, -0.15) is 5.10 Å². The lowest BCUT2D eigenvalue weighted by Crippen LogP contribution is -2.26. The van der Waals surface area contributed by atoms with E-state index in [2.05, 4.69) is 22.1 Å². The minimum atomic E-state index is -0.536. The largest absolute Gasteiger partial charge is 0.460 e. The molecule has 7 nitrogen and oxygen atoms in total. The van der Waals surface area contributed by atoms with Crippen molar-refractivity contribution in [1.82, 2.24) is 24.7 Å². The maximum Gasteiger partial charge on any atom is 0.308 e. The highest BCUT2D eigenvalue weighted by atomic mass is 16.6. The number of aromatic nitrogens is 5. The molecule has 0 aromatic carbocycles. The molecule has 7 heteroatoms. The van der Waals surface area contributed by atoms with Gasteiger partial charge in [0, 0.05) is 35.5 Å². The molecule has 180 valence electrons. The van der Waals surface area contributed by atoms with E-state index in [0.29, 0.717) is 5.82 Å². The average molecular weight is 462 g/mol. The molecule has 4 rings (SSSR count). The number of pyridine rings is 1. The zero-order chi connectivity index (χ0) is 24.1. The van der Waals surface area contributed by atoms with Gasteiger partial charge in [0.25, 0.3) is 0 Å². The van der Waals surface area contributed by atoms with E-state index >= 15 is 0 Å². The molecule has 34 heavy (non-hydrogen) atoms. The van der Waals surface area contributed by atoms with E-state index in [4.69, 9.17) is 14.8 Å². The molecule has 0 unspecified atom stereocenters. The predicted octanol–water partition coefficient (Wildman–Crippen LogP) is 4.75. The van der Waals surface area contributed by atoms with Gasteiger partial charge in [-0.1, -0.05) is 6.07 Å². The number of rotatable bonds is 8. The second kappa shape index (κ2) is 10.5. The lowest BCUT2D eigenvalue weighted by Gasteiger charge is -2.22. The molecule has 0 N–H and O–H groups in total. The molecule has 0 saturated heterocycles. The number of fused-ring (bicyclic) bond motifs is 1. The lowest BCUT2D eigenvalue weighted by molar-refractivity contribution is -0.155. The van der Waals surface area contributed by atoms with Crippen molar-refractivity contribution in [2.45, 2.75) is 90.7 Å². The first kappa shape index (κ1) is 24.0. The summed E-state index contributed by atoms with van der Waals surface area (Å²) in [4.78, 5) is 26.1. The lowest BCUT2D eigenvalue weighted by atomic mass is 9.95. The van der Waals surface area contributed by atoms with Gasteiger partial charge in [-0.15, -0.1) is 0 Å². The van der Waals surface area contributed by atoms with E-state index in [1.165, 1.54) is 29.8 Å². The molecule has 1 aliphatic carbocycles. The van der Waals surface area contributed by atoms with Gasteiger partial charge >= 0.3 is 5.97 Å². The normalized spacial score (nSPS) is 14.5. The molecule has 1 aliphatic rings. The van der Waals surface area contributed by atoms with Crippen LogP contribution in [0.5, 0.6) is 0 Å². The second-order valence-electron chi connectivity index (χ2n) is 10.1. The molecule has 0 spiro atoms. The number of carbonyl (C=O) groups is 1. The summed E-state index contributed by atoms with van der Waals surface area (Å²) in [6, 6.07) is 6.15. The summed E-state index contributed by atoms with van der Waals surface area (Å²) < 4.78 is 7.40. The molecule has 0 saturated carbocycles. The van der Waals surface area contributed by atoms with Crippen LogP contribution in [-0.4, -0.2) is 36.3 Å². The summed E-state index contributed by atoms with van der Waals surface area (Å²) in [6.45, 7) is 7.46. The fourth-order valence-corrected chi connectivity index (χ4v) is 4.38. The number of hydrogen-bond acceptors (Lipinski definition) is 6. The van der Waals surface area contributed by atoms with E-state index in [0.717, 1.165) is 43.4 Å². The zero-order valence-electron chi connectivity index (χ0n) is 20.8. The van der Waals surface area contributed by atoms with Crippen molar-refractivity contribution in [1.29, 1.82) is 0 Å². The number of carbonyl (C=O) groups excluding carboxylic acids is 1. The average Bonchev–Trinajstić information content (AvgIpc) is 3.25. The van der Waals surface area contributed by atoms with Crippen molar-refractivity contribution in [2.24, 2.45) is 0 Å². The molecule has 0 radical (unpaired) electrons. The molecule has 3 heterocycles. The molecule has 0 aliphatic heterocycles. The summed E-state index contributed by atoms with van der Waals surface area (Å²) in [6.07, 6.45) is 13.2. The topological polar surface area (TPSA) is 82.8 Å². The molecule has 0 bridgehead atoms. The Balaban J connectivity index is 1.42. The Morgan fingerprint density at radius 2 is 1.79 bits per heavy atom. The van der Waals surface area contributed by atoms with Crippen LogP contribution in [0.2, 0.25) is 0 Å². The van der Waals surface area contributed by atoms with E-state index in [9.17, 15) is 4.79 Å². The van der Waals surface area contributed by atoms with Crippen molar-refractivity contribution in [2.75, 3.05) is 0 Å². The Morgan fingerprint density at radius 1 is 1.06 bits per heavy atom. The molecule has 3 aromatic heterocycles. The smallest absolute Gasteiger partial charge is 0.308 e. The molecule has 3 aromatic rings. The SMILES string of the molecule is Cc1ncc([C@@H](CC(=O)OC(C)(C)C)n2ccc(CCCc3ccc4c(n3)CCCC4)n2)cn1. The van der Waals surface area contributed by atoms with Crippen LogP contribution in [0.1, 0.15) is 86.5 Å². The van der Waals surface area contributed by atoms with Gasteiger partial charge in [0.1, 0.15) is 11.4 Å². The van der Waals surface area contributed by atoms with Crippen LogP contribution >= 0.6 is 0 Å². The maximum atomic E-state index is 12.6. The number of aryl methyl sites for hydroxylation is 5. The standard InChI is InChI=1S/C27H35N5O2/c1-19-28-17-21(18-29-19)25(16-26(33)34-27(2,3)4)32-15-14-23(31-32)10-7-9-22-13-12-20-8-5-6-11-24(20)30-22/h12-15,17-18,25H,5-11,16H2,1-4H3/t25-/m1/s1. The molecule has 0 fully saturated rings. The number of ether oxygens (including phenoxy) is 1. The summed E-state index contributed by atoms with van der Waals surface area (Å²) in [7, 11) is 0. The Labute approximate surface area is 202 Å². The Bertz CT molecular complexity index is 1110. The monoisotopic (exact) mass is 461 g/mol. The molecular formula is C27H35N5O2. The van der Waals surface area contributed by atoms with Gasteiger partial charge in [0.2, 0.25) is 0 Å². The third-order valence-electron chi connectivity index (χ3n) is 6.05. The number of nitrogens with zero attached hydrogens (tertiary/aromatic N) is 5. The van der Waals surface area contributed by atoms with Gasteiger partial charge in [-0.05, 0) is 90.3 Å². The third kappa shape index (κ3) is 6.49. The van der Waals surface area contributed by atoms with Crippen molar-refractivity contribution < 1.29 is 9.53 Å². The van der Waals surface area contributed by atoms with Gasteiger partial charge in [0.05, 0.1) is 18.2 Å². The molecular weight excluding hydrogens is 426 g/mol. The van der Waals surface area contributed by atoms with Gasteiger partial charge in [-0.25, -0.2) is 9.97 Å². The van der Waals surface area contributed by atoms with E-state index in [-0.39, 0.29) is 18.4 Å². The van der Waals surface area contributed by atoms with Crippen LogP contribution in [0.3, 0.4) is 0 Å². The Hall–Kier alpha value is -3.09. The maximum absolute atomic E-state index is 12.6. The first-order valence-corrected chi connectivity index (χ1v) is 12.3. The third-order valence-corrected chi connectivity index (χ3v) is 6.05. The summed E-state index contributed by atoms with van der Waals surface area (Å²) >= 11 is 0. The minimum Gasteiger partial charge on any atom is -0.460 e. The molecule has 0 amide bonds. The highest BCUT2D eigenvalue weighted by molar-refractivity contribution is 5.71. The van der Waals surface area contributed by atoms with E-state index in [1.54, 1.807) is 12.4 Å². The number of hydrogen-bond donors (Lipinski definition) is 0. The zero-order valence-corrected chi connectivity index (χ0v) is 20.8. The van der Waals surface area contributed by atoms with E-state index < -0.39 is 5.60 Å². The quantitative estimate of drug-likeness (QED) is 0.450. The number of esters is 1. The Morgan fingerprint density at radius 3 is 2.56 bits per heavy atom. The first-order chi connectivity index (χ1) is 16.3. The van der Waals surface area contributed by atoms with Crippen LogP contribution in [0.15, 0.2) is 36.8 Å². The highest BCUT2D eigenvalue weighted by Gasteiger charge is 2.24. The second-order valence-corrected chi connectivity index (χ2v) is 10.1. The van der Waals surface area contributed by atoms with Crippen LogP contribution in [0, 0.1) is 6.92 Å². The van der Waals surface area contributed by atoms with Crippen molar-refractivity contribution in [3.05, 3.63) is 70.8 Å². The van der Waals surface area contributed by atoms with Crippen molar-refractivity contribution in [3.8, 4) is 0 Å². The summed E-state index contributed by atoms with van der Waals surface area (Å²) in [5.74, 6) is 0.422. The van der Waals surface area contributed by atoms with Crippen molar-refractivity contribution >= 4 is 5.97 Å². The van der Waals surface area contributed by atoms with Gasteiger partial charge in [0.15, 0.2) is 0 Å². The van der Waals surface area contributed by atoms with Crippen LogP contribution in [0.25, 0.3) is 0 Å². The first-order valence-electron chi connectivity index (χ1n) is 12.3. The minimum absolute atomic E-state index is 0.170. The van der Waals surface area contributed by atoms with Crippen LogP contribution in [-0.2, 0) is 35.2 Å². The molecule has 1 atom stereocenters. The van der Waals surface area contributed by atoms with Crippen molar-refractivity contribution in [3.63, 3.8) is 0 Å². The summed E-state index contributed by atoms with van der Waals surface area (Å²) in [5.41, 5.74) is 5.18. The van der Waals surface area contributed by atoms with Gasteiger partial charge < -0.3 is 4.74 Å². The van der Waals surface area contributed by atoms with Crippen LogP contribution < -0.4 is 0 Å². The van der Waals surface area contributed by atoms with E-state index in [1.807, 2.05) is 44.6 Å². The van der Waals surface area contributed by atoms with Crippen LogP contribution in [0.4, 0.5) is 0 Å².